The molecule has 9 nitrogen and oxygen atoms in total. The fourth-order valence-electron chi connectivity index (χ4n) is 3.40. The first-order valence-electron chi connectivity index (χ1n) is 9.99. The zero-order chi connectivity index (χ0) is 23.4. The average Bonchev–Trinajstić information content (AvgIpc) is 2.85. The molecule has 0 spiro atoms. The molecule has 1 aliphatic heterocycles. The van der Waals surface area contributed by atoms with E-state index in [0.717, 1.165) is 12.7 Å². The number of hydrogen-bond acceptors (Lipinski definition) is 7. The lowest BCUT2D eigenvalue weighted by molar-refractivity contribution is -0.179. The second-order valence-electron chi connectivity index (χ2n) is 7.12. The van der Waals surface area contributed by atoms with Crippen molar-refractivity contribution in [3.05, 3.63) is 95.3 Å². The van der Waals surface area contributed by atoms with Gasteiger partial charge in [-0.05, 0) is 35.4 Å². The van der Waals surface area contributed by atoms with Gasteiger partial charge in [0.15, 0.2) is 5.92 Å². The van der Waals surface area contributed by atoms with Crippen LogP contribution < -0.4 is 5.32 Å². The number of imide groups is 1. The minimum Gasteiger partial charge on any atom is -0.468 e. The number of amides is 3. The van der Waals surface area contributed by atoms with Crippen molar-refractivity contribution >= 4 is 29.4 Å². The van der Waals surface area contributed by atoms with Gasteiger partial charge in [-0.25, -0.2) is 0 Å². The predicted molar refractivity (Wildman–Crippen MR) is 116 cm³/mol. The first-order chi connectivity index (χ1) is 16.0. The van der Waals surface area contributed by atoms with E-state index in [1.807, 2.05) is 6.07 Å². The van der Waals surface area contributed by atoms with Crippen molar-refractivity contribution < 1.29 is 28.8 Å². The van der Waals surface area contributed by atoms with Crippen LogP contribution in [0.15, 0.2) is 72.9 Å². The number of anilines is 1. The zero-order valence-electron chi connectivity index (χ0n) is 17.6. The number of hydroxylamine groups is 2. The van der Waals surface area contributed by atoms with E-state index in [-0.39, 0.29) is 23.4 Å². The third-order valence-corrected chi connectivity index (χ3v) is 5.02. The first kappa shape index (κ1) is 21.8. The third-order valence-electron chi connectivity index (χ3n) is 5.02. The van der Waals surface area contributed by atoms with Gasteiger partial charge in [0, 0.05) is 17.4 Å². The normalized spacial score (nSPS) is 15.1. The molecule has 0 radical (unpaired) electrons. The Hall–Kier alpha value is -4.37. The number of methoxy groups -OCH3 is 1. The lowest BCUT2D eigenvalue weighted by Crippen LogP contribution is -2.47. The molecule has 1 aliphatic rings. The van der Waals surface area contributed by atoms with Gasteiger partial charge in [0.1, 0.15) is 12.3 Å². The Balaban J connectivity index is 1.64. The molecule has 1 N–H and O–H groups in total. The standard InChI is InChI=1S/C24H19N3O6/c1-32-24(31)20-17-11-10-16(26-21(28)19-9-5-6-12-25-19)13-18(17)22(29)27(23(20)30)33-14-15-7-3-2-4-8-15/h2-13,20H,14H2,1H3,(H,26,28). The van der Waals surface area contributed by atoms with Crippen molar-refractivity contribution in [1.82, 2.24) is 10.0 Å². The van der Waals surface area contributed by atoms with Crippen molar-refractivity contribution in [2.75, 3.05) is 12.4 Å². The maximum absolute atomic E-state index is 13.1. The van der Waals surface area contributed by atoms with E-state index in [2.05, 4.69) is 10.3 Å². The van der Waals surface area contributed by atoms with Gasteiger partial charge in [-0.1, -0.05) is 42.5 Å². The number of benzene rings is 2. The molecule has 4 rings (SSSR count). The van der Waals surface area contributed by atoms with Crippen LogP contribution in [0, 0.1) is 0 Å². The van der Waals surface area contributed by atoms with Crippen molar-refractivity contribution in [3.63, 3.8) is 0 Å². The van der Waals surface area contributed by atoms with Crippen LogP contribution in [0.2, 0.25) is 0 Å². The van der Waals surface area contributed by atoms with E-state index in [4.69, 9.17) is 9.57 Å². The van der Waals surface area contributed by atoms with Crippen LogP contribution >= 0.6 is 0 Å². The van der Waals surface area contributed by atoms with Crippen molar-refractivity contribution in [1.29, 1.82) is 0 Å². The van der Waals surface area contributed by atoms with Crippen LogP contribution in [0.25, 0.3) is 0 Å². The lowest BCUT2D eigenvalue weighted by Gasteiger charge is -2.30. The van der Waals surface area contributed by atoms with Crippen molar-refractivity contribution in [2.45, 2.75) is 12.5 Å². The zero-order valence-corrected chi connectivity index (χ0v) is 17.6. The Bertz CT molecular complexity index is 1210. The molecule has 0 aliphatic carbocycles. The minimum atomic E-state index is -1.38. The van der Waals surface area contributed by atoms with Gasteiger partial charge < -0.3 is 10.1 Å². The quantitative estimate of drug-likeness (QED) is 0.352. The van der Waals surface area contributed by atoms with Crippen molar-refractivity contribution in [2.24, 2.45) is 0 Å². The molecule has 2 heterocycles. The number of nitrogens with zero attached hydrogens (tertiary/aromatic N) is 2. The second-order valence-corrected chi connectivity index (χ2v) is 7.12. The molecule has 33 heavy (non-hydrogen) atoms. The number of pyridine rings is 1. The molecule has 0 bridgehead atoms. The molecule has 3 amide bonds. The van der Waals surface area contributed by atoms with E-state index in [1.165, 1.54) is 24.4 Å². The number of fused-ring (bicyclic) bond motifs is 1. The summed E-state index contributed by atoms with van der Waals surface area (Å²) in [5.74, 6) is -4.27. The number of aromatic nitrogens is 1. The lowest BCUT2D eigenvalue weighted by atomic mass is 9.89. The maximum atomic E-state index is 13.1. The molecule has 1 unspecified atom stereocenters. The van der Waals surface area contributed by atoms with Gasteiger partial charge in [-0.15, -0.1) is 5.06 Å². The van der Waals surface area contributed by atoms with Crippen LogP contribution in [-0.4, -0.2) is 40.8 Å². The molecule has 1 atom stereocenters. The van der Waals surface area contributed by atoms with Crippen LogP contribution in [0.1, 0.15) is 37.9 Å². The largest absolute Gasteiger partial charge is 0.468 e. The monoisotopic (exact) mass is 445 g/mol. The second kappa shape index (κ2) is 9.41. The smallest absolute Gasteiger partial charge is 0.322 e. The molecule has 0 fully saturated rings. The van der Waals surface area contributed by atoms with E-state index < -0.39 is 29.6 Å². The van der Waals surface area contributed by atoms with Crippen LogP contribution in [0.4, 0.5) is 5.69 Å². The molecule has 0 saturated heterocycles. The highest BCUT2D eigenvalue weighted by molar-refractivity contribution is 6.17. The first-order valence-corrected chi connectivity index (χ1v) is 9.99. The molecule has 2 aromatic carbocycles. The van der Waals surface area contributed by atoms with E-state index in [9.17, 15) is 19.2 Å². The van der Waals surface area contributed by atoms with Gasteiger partial charge in [0.2, 0.25) is 0 Å². The summed E-state index contributed by atoms with van der Waals surface area (Å²) in [5.41, 5.74) is 1.43. The van der Waals surface area contributed by atoms with Gasteiger partial charge in [-0.2, -0.15) is 0 Å². The number of carbonyl (C=O) groups excluding carboxylic acids is 4. The summed E-state index contributed by atoms with van der Waals surface area (Å²) in [5, 5.41) is 3.23. The molecule has 0 saturated carbocycles. The number of carbonyl (C=O) groups is 4. The van der Waals surface area contributed by atoms with E-state index >= 15 is 0 Å². The number of nitrogens with one attached hydrogen (secondary N) is 1. The Morgan fingerprint density at radius 3 is 2.48 bits per heavy atom. The van der Waals surface area contributed by atoms with Crippen LogP contribution in [0.5, 0.6) is 0 Å². The highest BCUT2D eigenvalue weighted by Crippen LogP contribution is 2.33. The number of ether oxygens (including phenoxy) is 1. The summed E-state index contributed by atoms with van der Waals surface area (Å²) < 4.78 is 4.78. The molecule has 3 aromatic rings. The van der Waals surface area contributed by atoms with Gasteiger partial charge in [0.05, 0.1) is 7.11 Å². The summed E-state index contributed by atoms with van der Waals surface area (Å²) in [7, 11) is 1.16. The predicted octanol–water partition coefficient (Wildman–Crippen LogP) is 2.70. The van der Waals surface area contributed by atoms with Gasteiger partial charge >= 0.3 is 5.97 Å². The Kier molecular flexibility index (Phi) is 6.23. The molecule has 166 valence electrons. The molecular weight excluding hydrogens is 426 g/mol. The van der Waals surface area contributed by atoms with Gasteiger partial charge in [-0.3, -0.25) is 29.0 Å². The number of esters is 1. The number of rotatable bonds is 6. The summed E-state index contributed by atoms with van der Waals surface area (Å²) in [6.45, 7) is -0.0579. The van der Waals surface area contributed by atoms with Crippen molar-refractivity contribution in [3.8, 4) is 0 Å². The summed E-state index contributed by atoms with van der Waals surface area (Å²) in [4.78, 5) is 60.4. The fourth-order valence-corrected chi connectivity index (χ4v) is 3.40. The third kappa shape index (κ3) is 4.48. The van der Waals surface area contributed by atoms with Crippen LogP contribution in [0.3, 0.4) is 0 Å². The fraction of sp³-hybridized carbons (Fsp3) is 0.125. The average molecular weight is 445 g/mol. The van der Waals surface area contributed by atoms with E-state index in [1.54, 1.807) is 42.5 Å². The summed E-state index contributed by atoms with van der Waals surface area (Å²) >= 11 is 0. The van der Waals surface area contributed by atoms with Gasteiger partial charge in [0.25, 0.3) is 17.7 Å². The SMILES string of the molecule is COC(=O)C1C(=O)N(OCc2ccccc2)C(=O)c2cc(NC(=O)c3ccccn3)ccc21. The van der Waals surface area contributed by atoms with E-state index in [0.29, 0.717) is 10.8 Å². The molecule has 9 heteroatoms. The highest BCUT2D eigenvalue weighted by Gasteiger charge is 2.44. The topological polar surface area (TPSA) is 115 Å². The molecular formula is C24H19N3O6. The summed E-state index contributed by atoms with van der Waals surface area (Å²) in [6, 6.07) is 18.2. The van der Waals surface area contributed by atoms with Crippen LogP contribution in [-0.2, 0) is 25.8 Å². The minimum absolute atomic E-state index is 0.0388. The Morgan fingerprint density at radius 2 is 1.79 bits per heavy atom. The molecule has 1 aromatic heterocycles. The number of hydrogen-bond donors (Lipinski definition) is 1. The summed E-state index contributed by atoms with van der Waals surface area (Å²) in [6.07, 6.45) is 1.49. The highest BCUT2D eigenvalue weighted by atomic mass is 16.7. The maximum Gasteiger partial charge on any atom is 0.322 e. The Morgan fingerprint density at radius 1 is 1.03 bits per heavy atom. The Labute approximate surface area is 188 Å².